The molecule has 2 aliphatic carbocycles. The van der Waals surface area contributed by atoms with Crippen LogP contribution in [0.5, 0.6) is 0 Å². The van der Waals surface area contributed by atoms with Gasteiger partial charge in [0.15, 0.2) is 0 Å². The molecule has 1 saturated carbocycles. The Morgan fingerprint density at radius 2 is 1.94 bits per heavy atom. The molecule has 0 bridgehead atoms. The molecular weight excluding hydrogens is 422 g/mol. The van der Waals surface area contributed by atoms with Crippen LogP contribution in [0.25, 0.3) is 11.8 Å². The topological polar surface area (TPSA) is 50.9 Å². The largest absolute Gasteiger partial charge is 0.416 e. The summed E-state index contributed by atoms with van der Waals surface area (Å²) in [5.74, 6) is -0.420. The highest BCUT2D eigenvalue weighted by molar-refractivity contribution is 5.61. The lowest BCUT2D eigenvalue weighted by Gasteiger charge is -2.32. The second-order valence-electron chi connectivity index (χ2n) is 8.56. The highest BCUT2D eigenvalue weighted by atomic mass is 19.4. The van der Waals surface area contributed by atoms with E-state index in [0.717, 1.165) is 34.7 Å². The van der Waals surface area contributed by atoms with Gasteiger partial charge in [-0.05, 0) is 80.1 Å². The Labute approximate surface area is 182 Å². The van der Waals surface area contributed by atoms with Crippen LogP contribution in [0.15, 0.2) is 54.4 Å². The van der Waals surface area contributed by atoms with Crippen LogP contribution in [0, 0.1) is 11.7 Å². The van der Waals surface area contributed by atoms with Crippen LogP contribution < -0.4 is 0 Å². The summed E-state index contributed by atoms with van der Waals surface area (Å²) in [6.07, 6.45) is 3.04. The summed E-state index contributed by atoms with van der Waals surface area (Å²) in [5.41, 5.74) is 2.38. The third-order valence-corrected chi connectivity index (χ3v) is 6.60. The Balaban J connectivity index is 1.36. The number of aliphatic hydroxyl groups is 1. The molecule has 1 N–H and O–H groups in total. The summed E-state index contributed by atoms with van der Waals surface area (Å²) in [5, 5.41) is 15.8. The van der Waals surface area contributed by atoms with E-state index >= 15 is 0 Å². The van der Waals surface area contributed by atoms with Gasteiger partial charge in [-0.3, -0.25) is 4.98 Å². The Morgan fingerprint density at radius 1 is 1.16 bits per heavy atom. The van der Waals surface area contributed by atoms with E-state index in [-0.39, 0.29) is 18.2 Å². The van der Waals surface area contributed by atoms with Crippen LogP contribution in [-0.2, 0) is 19.0 Å². The highest BCUT2D eigenvalue weighted by Gasteiger charge is 2.45. The van der Waals surface area contributed by atoms with E-state index in [1.807, 2.05) is 6.08 Å². The van der Waals surface area contributed by atoms with Gasteiger partial charge in [0.2, 0.25) is 0 Å². The summed E-state index contributed by atoms with van der Waals surface area (Å²) in [6.45, 7) is 0. The fourth-order valence-corrected chi connectivity index (χ4v) is 4.87. The van der Waals surface area contributed by atoms with Crippen molar-refractivity contribution in [2.45, 2.75) is 43.9 Å². The predicted octanol–water partition coefficient (Wildman–Crippen LogP) is 5.14. The van der Waals surface area contributed by atoms with Gasteiger partial charge >= 0.3 is 6.18 Å². The Bertz CT molecular complexity index is 1180. The van der Waals surface area contributed by atoms with Crippen LogP contribution in [0.2, 0.25) is 0 Å². The molecule has 4 nitrogen and oxygen atoms in total. The van der Waals surface area contributed by atoms with Crippen molar-refractivity contribution in [2.75, 3.05) is 0 Å². The van der Waals surface area contributed by atoms with E-state index in [0.29, 0.717) is 31.4 Å². The van der Waals surface area contributed by atoms with Crippen LogP contribution in [0.3, 0.4) is 0 Å². The van der Waals surface area contributed by atoms with Gasteiger partial charge in [-0.2, -0.15) is 18.3 Å². The molecule has 0 radical (unpaired) electrons. The van der Waals surface area contributed by atoms with E-state index in [9.17, 15) is 22.7 Å². The maximum atomic E-state index is 13.3. The third-order valence-electron chi connectivity index (χ3n) is 6.60. The molecule has 32 heavy (non-hydrogen) atoms. The quantitative estimate of drug-likeness (QED) is 0.569. The molecule has 0 spiro atoms. The molecule has 0 amide bonds. The number of fused-ring (bicyclic) bond motifs is 2. The molecule has 3 aromatic rings. The van der Waals surface area contributed by atoms with Crippen molar-refractivity contribution in [3.63, 3.8) is 0 Å². The first-order valence-electron chi connectivity index (χ1n) is 10.5. The van der Waals surface area contributed by atoms with Crippen molar-refractivity contribution >= 4 is 6.08 Å². The Hall–Kier alpha value is -3.00. The SMILES string of the molecule is O[C@@]1(CCc2cc(C(F)(F)F)ccn2)CCC2=Cc3c(cnn3-c3ccc(F)cc3)CC21. The van der Waals surface area contributed by atoms with Gasteiger partial charge in [-0.15, -0.1) is 0 Å². The van der Waals surface area contributed by atoms with Crippen molar-refractivity contribution in [1.82, 2.24) is 14.8 Å². The van der Waals surface area contributed by atoms with Crippen molar-refractivity contribution in [2.24, 2.45) is 5.92 Å². The zero-order chi connectivity index (χ0) is 22.5. The standard InChI is InChI=1S/C24H21F4N3O/c25-18-1-3-20(4-2-18)31-22-12-15-5-8-23(32,21(15)11-16(22)14-30-31)9-6-19-13-17(7-10-29-19)24(26,27)28/h1-4,7,10,12-14,21,32H,5-6,8-9,11H2/t21?,23-/m1/s1. The van der Waals surface area contributed by atoms with E-state index in [4.69, 9.17) is 0 Å². The molecule has 2 aliphatic rings. The van der Waals surface area contributed by atoms with Crippen LogP contribution in [0.4, 0.5) is 17.6 Å². The van der Waals surface area contributed by atoms with Crippen LogP contribution in [-0.4, -0.2) is 25.5 Å². The molecule has 8 heteroatoms. The number of aryl methyl sites for hydroxylation is 1. The molecule has 5 rings (SSSR count). The smallest absolute Gasteiger partial charge is 0.389 e. The minimum Gasteiger partial charge on any atom is -0.389 e. The molecular formula is C24H21F4N3O. The van der Waals surface area contributed by atoms with Gasteiger partial charge < -0.3 is 5.11 Å². The number of alkyl halides is 3. The average Bonchev–Trinajstić information content (AvgIpc) is 3.33. The Kier molecular flexibility index (Phi) is 4.93. The second kappa shape index (κ2) is 7.55. The molecule has 166 valence electrons. The van der Waals surface area contributed by atoms with Gasteiger partial charge in [0.05, 0.1) is 28.7 Å². The number of rotatable bonds is 4. The van der Waals surface area contributed by atoms with E-state index < -0.39 is 17.3 Å². The molecule has 2 aromatic heterocycles. The number of halogens is 4. The summed E-state index contributed by atoms with van der Waals surface area (Å²) in [6, 6.07) is 8.12. The first-order valence-corrected chi connectivity index (χ1v) is 10.5. The predicted molar refractivity (Wildman–Crippen MR) is 110 cm³/mol. The number of pyridine rings is 1. The fourth-order valence-electron chi connectivity index (χ4n) is 4.87. The lowest BCUT2D eigenvalue weighted by Crippen LogP contribution is -2.36. The van der Waals surface area contributed by atoms with Crippen molar-refractivity contribution in [3.05, 3.63) is 82.7 Å². The molecule has 2 heterocycles. The van der Waals surface area contributed by atoms with Crippen molar-refractivity contribution in [3.8, 4) is 5.69 Å². The lowest BCUT2D eigenvalue weighted by molar-refractivity contribution is -0.137. The summed E-state index contributed by atoms with van der Waals surface area (Å²) >= 11 is 0. The molecule has 0 aliphatic heterocycles. The van der Waals surface area contributed by atoms with Crippen molar-refractivity contribution in [1.29, 1.82) is 0 Å². The van der Waals surface area contributed by atoms with Gasteiger partial charge in [-0.25, -0.2) is 9.07 Å². The highest BCUT2D eigenvalue weighted by Crippen LogP contribution is 2.48. The maximum Gasteiger partial charge on any atom is 0.416 e. The first kappa shape index (κ1) is 20.9. The second-order valence-corrected chi connectivity index (χ2v) is 8.56. The van der Waals surface area contributed by atoms with E-state index in [1.165, 1.54) is 18.3 Å². The van der Waals surface area contributed by atoms with Gasteiger partial charge in [0.25, 0.3) is 0 Å². The van der Waals surface area contributed by atoms with Gasteiger partial charge in [0, 0.05) is 17.8 Å². The number of nitrogens with zero attached hydrogens (tertiary/aromatic N) is 3. The maximum absolute atomic E-state index is 13.3. The number of benzene rings is 1. The van der Waals surface area contributed by atoms with Crippen LogP contribution >= 0.6 is 0 Å². The lowest BCUT2D eigenvalue weighted by atomic mass is 9.78. The summed E-state index contributed by atoms with van der Waals surface area (Å²) in [4.78, 5) is 4.06. The molecule has 1 fully saturated rings. The molecule has 1 unspecified atom stereocenters. The van der Waals surface area contributed by atoms with Gasteiger partial charge in [-0.1, -0.05) is 5.57 Å². The van der Waals surface area contributed by atoms with E-state index in [1.54, 1.807) is 23.0 Å². The normalized spacial score (nSPS) is 22.4. The molecule has 2 atom stereocenters. The number of aromatic nitrogens is 3. The summed E-state index contributed by atoms with van der Waals surface area (Å²) in [7, 11) is 0. The third kappa shape index (κ3) is 3.72. The number of hydrogen-bond acceptors (Lipinski definition) is 3. The first-order chi connectivity index (χ1) is 15.2. The zero-order valence-corrected chi connectivity index (χ0v) is 17.1. The monoisotopic (exact) mass is 443 g/mol. The Morgan fingerprint density at radius 3 is 2.69 bits per heavy atom. The molecule has 1 aromatic carbocycles. The number of hydrogen-bond donors (Lipinski definition) is 1. The minimum absolute atomic E-state index is 0.105. The van der Waals surface area contributed by atoms with E-state index in [2.05, 4.69) is 10.1 Å². The fraction of sp³-hybridized carbons (Fsp3) is 0.333. The van der Waals surface area contributed by atoms with Gasteiger partial charge in [0.1, 0.15) is 5.82 Å². The van der Waals surface area contributed by atoms with Crippen molar-refractivity contribution < 1.29 is 22.7 Å². The van der Waals surface area contributed by atoms with Crippen LogP contribution in [0.1, 0.15) is 41.8 Å². The zero-order valence-electron chi connectivity index (χ0n) is 17.1. The average molecular weight is 443 g/mol. The molecule has 0 saturated heterocycles. The minimum atomic E-state index is -4.41. The summed E-state index contributed by atoms with van der Waals surface area (Å²) < 4.78 is 54.0.